The number of hydrogen-bond donors (Lipinski definition) is 1. The van der Waals surface area contributed by atoms with Crippen molar-refractivity contribution in [1.29, 1.82) is 0 Å². The van der Waals surface area contributed by atoms with Crippen LogP contribution in [0.5, 0.6) is 0 Å². The maximum Gasteiger partial charge on any atom is 0.0344 e. The summed E-state index contributed by atoms with van der Waals surface area (Å²) in [6.45, 7) is 13.4. The Hall–Kier alpha value is -0.980. The second-order valence-electron chi connectivity index (χ2n) is 6.26. The fourth-order valence-electron chi connectivity index (χ4n) is 2.34. The van der Waals surface area contributed by atoms with Crippen molar-refractivity contribution in [3.8, 4) is 0 Å². The molecule has 0 bridgehead atoms. The number of rotatable bonds is 4. The van der Waals surface area contributed by atoms with Gasteiger partial charge in [-0.05, 0) is 56.7 Å². The average Bonchev–Trinajstić information content (AvgIpc) is 2.18. The van der Waals surface area contributed by atoms with Crippen LogP contribution in [-0.2, 0) is 0 Å². The smallest absolute Gasteiger partial charge is 0.0344 e. The van der Waals surface area contributed by atoms with Gasteiger partial charge in [0.1, 0.15) is 0 Å². The minimum absolute atomic E-state index is 0.129. The van der Waals surface area contributed by atoms with E-state index in [4.69, 9.17) is 0 Å². The molecule has 96 valence electrons. The van der Waals surface area contributed by atoms with Crippen molar-refractivity contribution in [2.75, 3.05) is 5.32 Å². The lowest BCUT2D eigenvalue weighted by Gasteiger charge is -2.24. The van der Waals surface area contributed by atoms with Crippen molar-refractivity contribution in [3.05, 3.63) is 29.8 Å². The van der Waals surface area contributed by atoms with Crippen LogP contribution in [0.15, 0.2) is 24.3 Å². The van der Waals surface area contributed by atoms with Crippen LogP contribution in [0, 0.1) is 5.92 Å². The summed E-state index contributed by atoms with van der Waals surface area (Å²) in [6.07, 6.45) is 1.21. The highest BCUT2D eigenvalue weighted by molar-refractivity contribution is 5.47. The molecule has 1 aromatic rings. The van der Waals surface area contributed by atoms with E-state index in [0.717, 1.165) is 0 Å². The monoisotopic (exact) mass is 233 g/mol. The van der Waals surface area contributed by atoms with E-state index in [2.05, 4.69) is 71.1 Å². The molecular formula is C16H27N. The van der Waals surface area contributed by atoms with E-state index in [1.54, 1.807) is 0 Å². The van der Waals surface area contributed by atoms with Crippen LogP contribution in [0.2, 0.25) is 0 Å². The van der Waals surface area contributed by atoms with Crippen molar-refractivity contribution < 1.29 is 0 Å². The first-order chi connectivity index (χ1) is 7.83. The van der Waals surface area contributed by atoms with Crippen molar-refractivity contribution in [2.24, 2.45) is 5.92 Å². The highest BCUT2D eigenvalue weighted by Gasteiger charge is 2.14. The van der Waals surface area contributed by atoms with E-state index >= 15 is 0 Å². The molecule has 17 heavy (non-hydrogen) atoms. The molecule has 1 nitrogen and oxygen atoms in total. The predicted octanol–water partition coefficient (Wildman–Crippen LogP) is 5.05. The van der Waals surface area contributed by atoms with Crippen molar-refractivity contribution >= 4 is 5.69 Å². The fraction of sp³-hybridized carbons (Fsp3) is 0.625. The van der Waals surface area contributed by atoms with Crippen molar-refractivity contribution in [1.82, 2.24) is 0 Å². The minimum atomic E-state index is 0.129. The summed E-state index contributed by atoms with van der Waals surface area (Å²) < 4.78 is 0. The van der Waals surface area contributed by atoms with Gasteiger partial charge in [-0.2, -0.15) is 0 Å². The van der Waals surface area contributed by atoms with Gasteiger partial charge in [0.25, 0.3) is 0 Å². The van der Waals surface area contributed by atoms with Gasteiger partial charge in [-0.25, -0.2) is 0 Å². The van der Waals surface area contributed by atoms with E-state index in [1.165, 1.54) is 17.7 Å². The molecule has 0 saturated carbocycles. The molecule has 1 atom stereocenters. The van der Waals surface area contributed by atoms with Crippen LogP contribution < -0.4 is 5.32 Å². The highest BCUT2D eigenvalue weighted by Crippen LogP contribution is 2.28. The topological polar surface area (TPSA) is 12.0 Å². The summed E-state index contributed by atoms with van der Waals surface area (Å²) >= 11 is 0. The quantitative estimate of drug-likeness (QED) is 0.767. The van der Waals surface area contributed by atoms with Crippen molar-refractivity contribution in [2.45, 2.75) is 59.4 Å². The first kappa shape index (κ1) is 14.1. The first-order valence-corrected chi connectivity index (χ1v) is 6.71. The summed E-state index contributed by atoms with van der Waals surface area (Å²) in [7, 11) is 0. The normalized spacial score (nSPS) is 13.8. The van der Waals surface area contributed by atoms with Gasteiger partial charge in [0.05, 0.1) is 0 Å². The van der Waals surface area contributed by atoms with Gasteiger partial charge < -0.3 is 5.32 Å². The Morgan fingerprint density at radius 3 is 1.94 bits per heavy atom. The van der Waals surface area contributed by atoms with E-state index < -0.39 is 0 Å². The fourth-order valence-corrected chi connectivity index (χ4v) is 2.34. The zero-order valence-electron chi connectivity index (χ0n) is 12.2. The third kappa shape index (κ3) is 4.41. The molecule has 0 aromatic heterocycles. The van der Waals surface area contributed by atoms with Gasteiger partial charge in [-0.3, -0.25) is 0 Å². The molecule has 0 heterocycles. The summed E-state index contributed by atoms with van der Waals surface area (Å²) in [4.78, 5) is 0. The molecule has 0 aliphatic carbocycles. The second-order valence-corrected chi connectivity index (χ2v) is 6.26. The lowest BCUT2D eigenvalue weighted by Crippen LogP contribution is -2.25. The molecular weight excluding hydrogens is 206 g/mol. The summed E-state index contributed by atoms with van der Waals surface area (Å²) in [6, 6.07) is 8.93. The zero-order valence-corrected chi connectivity index (χ0v) is 12.2. The Labute approximate surface area is 107 Å². The molecule has 1 N–H and O–H groups in total. The van der Waals surface area contributed by atoms with Gasteiger partial charge in [0.15, 0.2) is 0 Å². The van der Waals surface area contributed by atoms with E-state index in [9.17, 15) is 0 Å². The molecule has 1 heteroatoms. The van der Waals surface area contributed by atoms with Crippen LogP contribution in [0.3, 0.4) is 0 Å². The Kier molecular flexibility index (Phi) is 4.62. The van der Waals surface area contributed by atoms with Gasteiger partial charge >= 0.3 is 0 Å². The molecule has 1 unspecified atom stereocenters. The second kappa shape index (κ2) is 5.57. The van der Waals surface area contributed by atoms with Gasteiger partial charge in [0, 0.05) is 11.2 Å². The Balaban J connectivity index is 2.80. The van der Waals surface area contributed by atoms with Crippen LogP contribution in [-0.4, -0.2) is 5.54 Å². The van der Waals surface area contributed by atoms with Gasteiger partial charge in [0.2, 0.25) is 0 Å². The number of nitrogens with one attached hydrogen (secondary N) is 1. The maximum atomic E-state index is 3.49. The molecule has 1 rings (SSSR count). The van der Waals surface area contributed by atoms with E-state index in [-0.39, 0.29) is 5.54 Å². The van der Waals surface area contributed by atoms with Crippen molar-refractivity contribution in [3.63, 3.8) is 0 Å². The largest absolute Gasteiger partial charge is 0.380 e. The molecule has 0 aliphatic heterocycles. The lowest BCUT2D eigenvalue weighted by molar-refractivity contribution is 0.485. The SMILES string of the molecule is CCC(c1ccc(NC(C)(C)C)cc1)C(C)C. The minimum Gasteiger partial charge on any atom is -0.380 e. The molecule has 0 aliphatic rings. The standard InChI is InChI=1S/C16H27N/c1-7-15(12(2)3)13-8-10-14(11-9-13)17-16(4,5)6/h8-12,15,17H,7H2,1-6H3. The Morgan fingerprint density at radius 1 is 1.06 bits per heavy atom. The van der Waals surface area contributed by atoms with Gasteiger partial charge in [-0.1, -0.05) is 32.9 Å². The van der Waals surface area contributed by atoms with E-state index in [0.29, 0.717) is 11.8 Å². The number of hydrogen-bond acceptors (Lipinski definition) is 1. The summed E-state index contributed by atoms with van der Waals surface area (Å²) in [5, 5.41) is 3.49. The molecule has 0 radical (unpaired) electrons. The highest BCUT2D eigenvalue weighted by atomic mass is 14.9. The lowest BCUT2D eigenvalue weighted by atomic mass is 9.86. The third-order valence-corrected chi connectivity index (χ3v) is 3.10. The summed E-state index contributed by atoms with van der Waals surface area (Å²) in [5.74, 6) is 1.39. The van der Waals surface area contributed by atoms with Gasteiger partial charge in [-0.15, -0.1) is 0 Å². The molecule has 0 saturated heterocycles. The first-order valence-electron chi connectivity index (χ1n) is 6.71. The summed E-state index contributed by atoms with van der Waals surface area (Å²) in [5.41, 5.74) is 2.80. The van der Waals surface area contributed by atoms with Crippen LogP contribution >= 0.6 is 0 Å². The van der Waals surface area contributed by atoms with E-state index in [1.807, 2.05) is 0 Å². The molecule has 0 amide bonds. The number of anilines is 1. The van der Waals surface area contributed by atoms with Crippen LogP contribution in [0.4, 0.5) is 5.69 Å². The number of benzene rings is 1. The Bertz CT molecular complexity index is 330. The maximum absolute atomic E-state index is 3.49. The molecule has 0 spiro atoms. The zero-order chi connectivity index (χ0) is 13.1. The van der Waals surface area contributed by atoms with Crippen LogP contribution in [0.25, 0.3) is 0 Å². The van der Waals surface area contributed by atoms with Crippen LogP contribution in [0.1, 0.15) is 59.4 Å². The average molecular weight is 233 g/mol. The molecule has 0 fully saturated rings. The third-order valence-electron chi connectivity index (χ3n) is 3.10. The molecule has 1 aromatic carbocycles. The Morgan fingerprint density at radius 2 is 1.59 bits per heavy atom. The predicted molar refractivity (Wildman–Crippen MR) is 77.7 cm³/mol.